The van der Waals surface area contributed by atoms with Crippen LogP contribution in [0, 0.1) is 23.2 Å². The van der Waals surface area contributed by atoms with Crippen molar-refractivity contribution in [2.24, 2.45) is 0 Å². The third-order valence-corrected chi connectivity index (χ3v) is 4.54. The molecule has 0 saturated carbocycles. The number of hydrogen-bond donors (Lipinski definition) is 1. The second-order valence-corrected chi connectivity index (χ2v) is 6.58. The first-order valence-corrected chi connectivity index (χ1v) is 8.36. The van der Waals surface area contributed by atoms with Crippen molar-refractivity contribution in [3.05, 3.63) is 68.0 Å². The van der Waals surface area contributed by atoms with Crippen LogP contribution in [0.5, 0.6) is 0 Å². The second-order valence-electron chi connectivity index (χ2n) is 5.41. The molecule has 0 radical (unpaired) electrons. The maximum absolute atomic E-state index is 13.4. The van der Waals surface area contributed by atoms with Crippen LogP contribution in [0.3, 0.4) is 0 Å². The van der Waals surface area contributed by atoms with Crippen LogP contribution in [0.15, 0.2) is 36.4 Å². The van der Waals surface area contributed by atoms with E-state index in [4.69, 9.17) is 0 Å². The van der Waals surface area contributed by atoms with Gasteiger partial charge in [0.15, 0.2) is 0 Å². The van der Waals surface area contributed by atoms with E-state index in [2.05, 4.69) is 66.9 Å². The lowest BCUT2D eigenvalue weighted by molar-refractivity contribution is 0.588. The SMILES string of the molecule is CCCNC(c1ccc(C)cc1C)c1ccc(F)cc1I. The molecular formula is C18H21FIN. The van der Waals surface area contributed by atoms with Crippen molar-refractivity contribution < 1.29 is 4.39 Å². The zero-order valence-electron chi connectivity index (χ0n) is 12.7. The van der Waals surface area contributed by atoms with Gasteiger partial charge < -0.3 is 5.32 Å². The summed E-state index contributed by atoms with van der Waals surface area (Å²) in [6.45, 7) is 7.33. The van der Waals surface area contributed by atoms with Gasteiger partial charge in [0.05, 0.1) is 6.04 Å². The molecule has 1 N–H and O–H groups in total. The van der Waals surface area contributed by atoms with Gasteiger partial charge in [-0.05, 0) is 78.2 Å². The summed E-state index contributed by atoms with van der Waals surface area (Å²) < 4.78 is 14.3. The first kappa shape index (κ1) is 16.4. The highest BCUT2D eigenvalue weighted by Crippen LogP contribution is 2.29. The lowest BCUT2D eigenvalue weighted by Gasteiger charge is -2.23. The van der Waals surface area contributed by atoms with Gasteiger partial charge in [0.25, 0.3) is 0 Å². The molecule has 112 valence electrons. The lowest BCUT2D eigenvalue weighted by Crippen LogP contribution is -2.24. The summed E-state index contributed by atoms with van der Waals surface area (Å²) in [5.41, 5.74) is 4.93. The monoisotopic (exact) mass is 397 g/mol. The van der Waals surface area contributed by atoms with Crippen LogP contribution in [0.2, 0.25) is 0 Å². The van der Waals surface area contributed by atoms with Crippen molar-refractivity contribution in [1.29, 1.82) is 0 Å². The van der Waals surface area contributed by atoms with Gasteiger partial charge in [-0.1, -0.05) is 36.8 Å². The van der Waals surface area contributed by atoms with Crippen LogP contribution < -0.4 is 5.32 Å². The van der Waals surface area contributed by atoms with Gasteiger partial charge in [-0.25, -0.2) is 4.39 Å². The summed E-state index contributed by atoms with van der Waals surface area (Å²) in [5, 5.41) is 3.60. The minimum absolute atomic E-state index is 0.109. The van der Waals surface area contributed by atoms with Gasteiger partial charge in [-0.3, -0.25) is 0 Å². The first-order chi connectivity index (χ1) is 10.0. The molecule has 0 bridgehead atoms. The highest BCUT2D eigenvalue weighted by molar-refractivity contribution is 14.1. The van der Waals surface area contributed by atoms with Crippen molar-refractivity contribution in [1.82, 2.24) is 5.32 Å². The fourth-order valence-electron chi connectivity index (χ4n) is 2.56. The molecule has 2 aromatic rings. The number of hydrogen-bond acceptors (Lipinski definition) is 1. The minimum atomic E-state index is -0.182. The number of benzene rings is 2. The number of halogens is 2. The average Bonchev–Trinajstić information content (AvgIpc) is 2.42. The van der Waals surface area contributed by atoms with E-state index in [1.54, 1.807) is 12.1 Å². The zero-order valence-corrected chi connectivity index (χ0v) is 14.9. The summed E-state index contributed by atoms with van der Waals surface area (Å²) in [6, 6.07) is 11.7. The molecule has 0 aliphatic carbocycles. The summed E-state index contributed by atoms with van der Waals surface area (Å²) in [7, 11) is 0. The Bertz CT molecular complexity index is 573. The maximum Gasteiger partial charge on any atom is 0.124 e. The largest absolute Gasteiger partial charge is 0.306 e. The molecule has 2 rings (SSSR count). The maximum atomic E-state index is 13.4. The van der Waals surface area contributed by atoms with Crippen LogP contribution in [-0.2, 0) is 0 Å². The Hall–Kier alpha value is -0.940. The quantitative estimate of drug-likeness (QED) is 0.690. The molecular weight excluding hydrogens is 376 g/mol. The standard InChI is InChI=1S/C18H21FIN/c1-4-9-21-18(15-7-5-12(2)10-13(15)3)16-8-6-14(19)11-17(16)20/h5-8,10-11,18,21H,4,9H2,1-3H3. The van der Waals surface area contributed by atoms with Gasteiger partial charge in [0.2, 0.25) is 0 Å². The first-order valence-electron chi connectivity index (χ1n) is 7.28. The smallest absolute Gasteiger partial charge is 0.124 e. The van der Waals surface area contributed by atoms with Crippen LogP contribution in [0.1, 0.15) is 41.6 Å². The molecule has 2 aromatic carbocycles. The summed E-state index contributed by atoms with van der Waals surface area (Å²) in [4.78, 5) is 0. The minimum Gasteiger partial charge on any atom is -0.306 e. The Morgan fingerprint density at radius 1 is 1.10 bits per heavy atom. The van der Waals surface area contributed by atoms with Crippen molar-refractivity contribution in [3.8, 4) is 0 Å². The van der Waals surface area contributed by atoms with Crippen LogP contribution in [0.25, 0.3) is 0 Å². The molecule has 21 heavy (non-hydrogen) atoms. The second kappa shape index (κ2) is 7.36. The summed E-state index contributed by atoms with van der Waals surface area (Å²) in [5.74, 6) is -0.182. The van der Waals surface area contributed by atoms with Crippen molar-refractivity contribution in [2.45, 2.75) is 33.2 Å². The summed E-state index contributed by atoms with van der Waals surface area (Å²) >= 11 is 2.22. The molecule has 0 fully saturated rings. The highest BCUT2D eigenvalue weighted by Gasteiger charge is 2.18. The van der Waals surface area contributed by atoms with E-state index in [9.17, 15) is 4.39 Å². The Kier molecular flexibility index (Phi) is 5.76. The normalized spacial score (nSPS) is 12.4. The van der Waals surface area contributed by atoms with Crippen LogP contribution in [0.4, 0.5) is 4.39 Å². The van der Waals surface area contributed by atoms with E-state index in [1.165, 1.54) is 16.7 Å². The fourth-order valence-corrected chi connectivity index (χ4v) is 3.35. The van der Waals surface area contributed by atoms with Crippen molar-refractivity contribution in [3.63, 3.8) is 0 Å². The van der Waals surface area contributed by atoms with E-state index >= 15 is 0 Å². The van der Waals surface area contributed by atoms with Gasteiger partial charge in [0.1, 0.15) is 5.82 Å². The topological polar surface area (TPSA) is 12.0 Å². The molecule has 0 aliphatic heterocycles. The van der Waals surface area contributed by atoms with Crippen molar-refractivity contribution in [2.75, 3.05) is 6.54 Å². The molecule has 1 unspecified atom stereocenters. The van der Waals surface area contributed by atoms with E-state index in [0.29, 0.717) is 0 Å². The molecule has 3 heteroatoms. The van der Waals surface area contributed by atoms with Gasteiger partial charge in [-0.2, -0.15) is 0 Å². The molecule has 0 aromatic heterocycles. The van der Waals surface area contributed by atoms with E-state index in [-0.39, 0.29) is 11.9 Å². The van der Waals surface area contributed by atoms with Gasteiger partial charge in [0, 0.05) is 3.57 Å². The molecule has 1 nitrogen and oxygen atoms in total. The Labute approximate surface area is 140 Å². The summed E-state index contributed by atoms with van der Waals surface area (Å²) in [6.07, 6.45) is 1.07. The number of aryl methyl sites for hydroxylation is 2. The van der Waals surface area contributed by atoms with Crippen molar-refractivity contribution >= 4 is 22.6 Å². The average molecular weight is 397 g/mol. The molecule has 0 aliphatic rings. The molecule has 0 spiro atoms. The molecule has 0 saturated heterocycles. The fraction of sp³-hybridized carbons (Fsp3) is 0.333. The van der Waals surface area contributed by atoms with Crippen LogP contribution >= 0.6 is 22.6 Å². The highest BCUT2D eigenvalue weighted by atomic mass is 127. The Balaban J connectivity index is 2.46. The number of nitrogens with one attached hydrogen (secondary N) is 1. The van der Waals surface area contributed by atoms with E-state index in [1.807, 2.05) is 6.07 Å². The van der Waals surface area contributed by atoms with E-state index in [0.717, 1.165) is 22.1 Å². The molecule has 1 atom stereocenters. The van der Waals surface area contributed by atoms with Crippen LogP contribution in [-0.4, -0.2) is 6.54 Å². The lowest BCUT2D eigenvalue weighted by atomic mass is 9.93. The Morgan fingerprint density at radius 2 is 1.81 bits per heavy atom. The van der Waals surface area contributed by atoms with Gasteiger partial charge >= 0.3 is 0 Å². The predicted octanol–water partition coefficient (Wildman–Crippen LogP) is 5.14. The molecule has 0 heterocycles. The predicted molar refractivity (Wildman–Crippen MR) is 95.2 cm³/mol. The third-order valence-electron chi connectivity index (χ3n) is 3.61. The number of rotatable bonds is 5. The van der Waals surface area contributed by atoms with E-state index < -0.39 is 0 Å². The Morgan fingerprint density at radius 3 is 2.43 bits per heavy atom. The third kappa shape index (κ3) is 4.04. The zero-order chi connectivity index (χ0) is 15.4. The van der Waals surface area contributed by atoms with Gasteiger partial charge in [-0.15, -0.1) is 0 Å². The molecule has 0 amide bonds.